The number of hydrogen-bond donors (Lipinski definition) is 1. The van der Waals surface area contributed by atoms with Crippen molar-refractivity contribution in [2.24, 2.45) is 14.1 Å². The van der Waals surface area contributed by atoms with E-state index in [9.17, 15) is 23.6 Å². The van der Waals surface area contributed by atoms with E-state index in [1.165, 1.54) is 30.8 Å². The molecule has 1 atom stereocenters. The molecule has 3 rings (SSSR count). The third-order valence-corrected chi connectivity index (χ3v) is 4.97. The molecule has 1 unspecified atom stereocenters. The molecule has 2 heterocycles. The summed E-state index contributed by atoms with van der Waals surface area (Å²) in [5.41, 5.74) is -0.420. The molecule has 0 amide bonds. The largest absolute Gasteiger partial charge is 0.435 e. The van der Waals surface area contributed by atoms with E-state index >= 15 is 0 Å². The van der Waals surface area contributed by atoms with Gasteiger partial charge in [0.15, 0.2) is 5.56 Å². The Morgan fingerprint density at radius 1 is 1.21 bits per heavy atom. The van der Waals surface area contributed by atoms with E-state index in [-0.39, 0.29) is 23.2 Å². The summed E-state index contributed by atoms with van der Waals surface area (Å²) < 4.78 is 31.1. The van der Waals surface area contributed by atoms with E-state index in [0.717, 1.165) is 29.6 Å². The van der Waals surface area contributed by atoms with Crippen molar-refractivity contribution in [2.45, 2.75) is 25.5 Å². The number of nitrogens with one attached hydrogen (secondary N) is 1. The minimum Gasteiger partial charge on any atom is -0.435 e. The minimum absolute atomic E-state index is 0.0872. The van der Waals surface area contributed by atoms with Crippen molar-refractivity contribution in [2.75, 3.05) is 23.3 Å². The highest BCUT2D eigenvalue weighted by Crippen LogP contribution is 2.25. The number of piperidine rings is 1. The van der Waals surface area contributed by atoms with Gasteiger partial charge in [0.05, 0.1) is 0 Å². The van der Waals surface area contributed by atoms with Gasteiger partial charge in [0.2, 0.25) is 0 Å². The summed E-state index contributed by atoms with van der Waals surface area (Å²) in [7, 11) is 2.84. The molecule has 1 saturated heterocycles. The van der Waals surface area contributed by atoms with Crippen molar-refractivity contribution in [1.29, 1.82) is 5.26 Å². The van der Waals surface area contributed by atoms with Gasteiger partial charge in [-0.1, -0.05) is 0 Å². The Labute approximate surface area is 165 Å². The zero-order valence-electron chi connectivity index (χ0n) is 16.1. The number of rotatable bonds is 5. The topological polar surface area (TPSA) is 92.3 Å². The van der Waals surface area contributed by atoms with E-state index in [1.54, 1.807) is 12.1 Å². The van der Waals surface area contributed by atoms with Gasteiger partial charge in [0, 0.05) is 38.9 Å². The van der Waals surface area contributed by atoms with Crippen LogP contribution in [0, 0.1) is 11.3 Å². The third kappa shape index (κ3) is 4.23. The first-order valence-electron chi connectivity index (χ1n) is 9.08. The number of aromatic nitrogens is 2. The summed E-state index contributed by atoms with van der Waals surface area (Å²) in [5.74, 6) is 0.289. The lowest BCUT2D eigenvalue weighted by Crippen LogP contribution is -2.45. The number of alkyl halides is 2. The van der Waals surface area contributed by atoms with Gasteiger partial charge in [-0.3, -0.25) is 13.9 Å². The van der Waals surface area contributed by atoms with Crippen LogP contribution in [0.4, 0.5) is 20.3 Å². The molecule has 29 heavy (non-hydrogen) atoms. The smallest absolute Gasteiger partial charge is 0.387 e. The van der Waals surface area contributed by atoms with Gasteiger partial charge in [0.1, 0.15) is 17.6 Å². The zero-order chi connectivity index (χ0) is 21.1. The maximum atomic E-state index is 12.3. The molecular formula is C19H21F2N5O3. The molecule has 10 heteroatoms. The van der Waals surface area contributed by atoms with Gasteiger partial charge in [0.25, 0.3) is 5.56 Å². The van der Waals surface area contributed by atoms with Crippen LogP contribution in [0.5, 0.6) is 5.75 Å². The van der Waals surface area contributed by atoms with Gasteiger partial charge < -0.3 is 15.0 Å². The number of ether oxygens (including phenoxy) is 1. The first-order chi connectivity index (χ1) is 13.8. The number of halogens is 2. The normalized spacial score (nSPS) is 16.6. The predicted octanol–water partition coefficient (Wildman–Crippen LogP) is 1.64. The molecule has 1 aromatic carbocycles. The maximum absolute atomic E-state index is 12.3. The molecule has 1 N–H and O–H groups in total. The lowest BCUT2D eigenvalue weighted by atomic mass is 10.0. The van der Waals surface area contributed by atoms with E-state index < -0.39 is 17.9 Å². The maximum Gasteiger partial charge on any atom is 0.387 e. The second-order valence-electron chi connectivity index (χ2n) is 6.84. The first-order valence-corrected chi connectivity index (χ1v) is 9.08. The number of hydrogen-bond acceptors (Lipinski definition) is 6. The standard InChI is InChI=1S/C19H21F2N5O3/c1-24-16(15(10-22)17(27)25(2)19(24)28)23-12-4-3-9-26(11-12)13-5-7-14(8-6-13)29-18(20)21/h5-8,12,18,23H,3-4,9,11H2,1-2H3. The second-order valence-corrected chi connectivity index (χ2v) is 6.84. The molecule has 8 nitrogen and oxygen atoms in total. The molecule has 1 aliphatic rings. The molecule has 1 aliphatic heterocycles. The Morgan fingerprint density at radius 3 is 2.52 bits per heavy atom. The average Bonchev–Trinajstić information content (AvgIpc) is 2.71. The molecule has 0 bridgehead atoms. The van der Waals surface area contributed by atoms with Crippen LogP contribution in [-0.2, 0) is 14.1 Å². The van der Waals surface area contributed by atoms with Crippen LogP contribution in [0.1, 0.15) is 18.4 Å². The second kappa shape index (κ2) is 8.34. The van der Waals surface area contributed by atoms with Crippen LogP contribution in [-0.4, -0.2) is 34.9 Å². The molecule has 0 spiro atoms. The van der Waals surface area contributed by atoms with Crippen LogP contribution in [0.2, 0.25) is 0 Å². The SMILES string of the molecule is Cn1c(NC2CCCN(c3ccc(OC(F)F)cc3)C2)c(C#N)c(=O)n(C)c1=O. The monoisotopic (exact) mass is 405 g/mol. The van der Waals surface area contributed by atoms with Crippen LogP contribution in [0.3, 0.4) is 0 Å². The quantitative estimate of drug-likeness (QED) is 0.813. The molecular weight excluding hydrogens is 384 g/mol. The van der Waals surface area contributed by atoms with Crippen molar-refractivity contribution >= 4 is 11.5 Å². The Bertz CT molecular complexity index is 1040. The molecule has 1 aromatic heterocycles. The Morgan fingerprint density at radius 2 is 1.90 bits per heavy atom. The molecule has 0 saturated carbocycles. The fraction of sp³-hybridized carbons (Fsp3) is 0.421. The number of nitriles is 1. The van der Waals surface area contributed by atoms with Gasteiger partial charge >= 0.3 is 12.3 Å². The highest BCUT2D eigenvalue weighted by atomic mass is 19.3. The van der Waals surface area contributed by atoms with Gasteiger partial charge in [-0.2, -0.15) is 14.0 Å². The van der Waals surface area contributed by atoms with E-state index in [0.29, 0.717) is 6.54 Å². The predicted molar refractivity (Wildman–Crippen MR) is 104 cm³/mol. The van der Waals surface area contributed by atoms with Gasteiger partial charge in [-0.15, -0.1) is 0 Å². The number of nitrogens with zero attached hydrogens (tertiary/aromatic N) is 4. The van der Waals surface area contributed by atoms with Crippen molar-refractivity contribution in [3.8, 4) is 11.8 Å². The van der Waals surface area contributed by atoms with Crippen molar-refractivity contribution < 1.29 is 13.5 Å². The van der Waals surface area contributed by atoms with Crippen LogP contribution < -0.4 is 26.2 Å². The summed E-state index contributed by atoms with van der Waals surface area (Å²) in [6.07, 6.45) is 1.63. The van der Waals surface area contributed by atoms with E-state index in [2.05, 4.69) is 15.0 Å². The van der Waals surface area contributed by atoms with Crippen molar-refractivity contribution in [3.63, 3.8) is 0 Å². The molecule has 154 valence electrons. The minimum atomic E-state index is -2.87. The van der Waals surface area contributed by atoms with Crippen LogP contribution >= 0.6 is 0 Å². The molecule has 2 aromatic rings. The van der Waals surface area contributed by atoms with E-state index in [1.807, 2.05) is 6.07 Å². The Kier molecular flexibility index (Phi) is 5.87. The van der Waals surface area contributed by atoms with Crippen LogP contribution in [0.25, 0.3) is 0 Å². The summed E-state index contributed by atoms with van der Waals surface area (Å²) in [5, 5.41) is 12.6. The van der Waals surface area contributed by atoms with E-state index in [4.69, 9.17) is 0 Å². The van der Waals surface area contributed by atoms with Crippen LogP contribution in [0.15, 0.2) is 33.9 Å². The Hall–Kier alpha value is -3.35. The summed E-state index contributed by atoms with van der Waals surface area (Å²) in [6, 6.07) is 8.15. The number of benzene rings is 1. The lowest BCUT2D eigenvalue weighted by Gasteiger charge is -2.35. The van der Waals surface area contributed by atoms with Crippen molar-refractivity contribution in [1.82, 2.24) is 9.13 Å². The first kappa shape index (κ1) is 20.4. The van der Waals surface area contributed by atoms with Gasteiger partial charge in [-0.25, -0.2) is 4.79 Å². The fourth-order valence-corrected chi connectivity index (χ4v) is 3.48. The molecule has 0 aliphatic carbocycles. The highest BCUT2D eigenvalue weighted by Gasteiger charge is 2.24. The zero-order valence-corrected chi connectivity index (χ0v) is 16.1. The lowest BCUT2D eigenvalue weighted by molar-refractivity contribution is -0.0498. The molecule has 1 fully saturated rings. The molecule has 0 radical (unpaired) electrons. The highest BCUT2D eigenvalue weighted by molar-refractivity contribution is 5.54. The summed E-state index contributed by atoms with van der Waals surface area (Å²) in [4.78, 5) is 26.5. The Balaban J connectivity index is 1.80. The van der Waals surface area contributed by atoms with Gasteiger partial charge in [-0.05, 0) is 37.1 Å². The number of anilines is 2. The van der Waals surface area contributed by atoms with Crippen molar-refractivity contribution in [3.05, 3.63) is 50.7 Å². The fourth-order valence-electron chi connectivity index (χ4n) is 3.48. The summed E-state index contributed by atoms with van der Waals surface area (Å²) >= 11 is 0. The average molecular weight is 405 g/mol. The summed E-state index contributed by atoms with van der Waals surface area (Å²) in [6.45, 7) is -1.54. The third-order valence-electron chi connectivity index (χ3n) is 4.97.